The smallest absolute Gasteiger partial charge is 0.319 e. The van der Waals surface area contributed by atoms with Gasteiger partial charge >= 0.3 is 5.97 Å². The lowest BCUT2D eigenvalue weighted by Crippen LogP contribution is -2.19. The topological polar surface area (TPSA) is 26.3 Å². The number of esters is 1. The van der Waals surface area contributed by atoms with E-state index >= 15 is 0 Å². The molecule has 0 saturated carbocycles. The summed E-state index contributed by atoms with van der Waals surface area (Å²) in [4.78, 5) is 11.0. The molecule has 2 heteroatoms. The molecule has 0 atom stereocenters. The average Bonchev–Trinajstić information content (AvgIpc) is 2.32. The Morgan fingerprint density at radius 3 is 2.30 bits per heavy atom. The lowest BCUT2D eigenvalue weighted by molar-refractivity contribution is -0.142. The van der Waals surface area contributed by atoms with Gasteiger partial charge in [-0.3, -0.25) is 4.79 Å². The van der Waals surface area contributed by atoms with E-state index in [1.54, 1.807) is 12.2 Å². The standard InChI is InChI=1S/C8H10O2/c1-3-8(4-2)5-6-10-7(8)9/h3-4H,1-2,5-6H2. The molecule has 0 unspecified atom stereocenters. The van der Waals surface area contributed by atoms with Gasteiger partial charge in [-0.15, -0.1) is 13.2 Å². The molecule has 0 radical (unpaired) electrons. The number of carbonyl (C=O) groups is 1. The van der Waals surface area contributed by atoms with Crippen molar-refractivity contribution in [3.8, 4) is 0 Å². The molecule has 0 N–H and O–H groups in total. The number of ether oxygens (including phenoxy) is 1. The Morgan fingerprint density at radius 1 is 1.50 bits per heavy atom. The van der Waals surface area contributed by atoms with Crippen molar-refractivity contribution < 1.29 is 9.53 Å². The number of carbonyl (C=O) groups excluding carboxylic acids is 1. The highest BCUT2D eigenvalue weighted by Crippen LogP contribution is 2.31. The number of hydrogen-bond donors (Lipinski definition) is 0. The van der Waals surface area contributed by atoms with E-state index in [-0.39, 0.29) is 5.97 Å². The Hall–Kier alpha value is -1.05. The second kappa shape index (κ2) is 2.29. The number of rotatable bonds is 2. The zero-order valence-corrected chi connectivity index (χ0v) is 5.80. The van der Waals surface area contributed by atoms with Crippen LogP contribution in [0.2, 0.25) is 0 Å². The summed E-state index contributed by atoms with van der Waals surface area (Å²) in [5.41, 5.74) is -0.597. The molecule has 0 aromatic heterocycles. The minimum atomic E-state index is -0.597. The molecule has 0 bridgehead atoms. The normalized spacial score (nSPS) is 21.8. The lowest BCUT2D eigenvalue weighted by Gasteiger charge is -2.12. The fraction of sp³-hybridized carbons (Fsp3) is 0.375. The Morgan fingerprint density at radius 2 is 2.10 bits per heavy atom. The highest BCUT2D eigenvalue weighted by atomic mass is 16.5. The third-order valence-electron chi connectivity index (χ3n) is 1.86. The van der Waals surface area contributed by atoms with E-state index < -0.39 is 5.41 Å². The molecule has 10 heavy (non-hydrogen) atoms. The quantitative estimate of drug-likeness (QED) is 0.424. The SMILES string of the molecule is C=CC1(C=C)CCOC1=O. The molecule has 0 aromatic rings. The van der Waals surface area contributed by atoms with Crippen LogP contribution in [0, 0.1) is 5.41 Å². The van der Waals surface area contributed by atoms with E-state index in [1.165, 1.54) is 0 Å². The van der Waals surface area contributed by atoms with Crippen LogP contribution in [0.3, 0.4) is 0 Å². The van der Waals surface area contributed by atoms with Crippen molar-refractivity contribution in [2.45, 2.75) is 6.42 Å². The Balaban J connectivity index is 2.91. The molecule has 0 amide bonds. The fourth-order valence-corrected chi connectivity index (χ4v) is 1.00. The Kier molecular flexibility index (Phi) is 1.62. The first kappa shape index (κ1) is 7.06. The van der Waals surface area contributed by atoms with E-state index in [9.17, 15) is 4.79 Å². The van der Waals surface area contributed by atoms with E-state index in [2.05, 4.69) is 13.2 Å². The van der Waals surface area contributed by atoms with Gasteiger partial charge in [0.05, 0.1) is 6.61 Å². The predicted molar refractivity (Wildman–Crippen MR) is 38.4 cm³/mol. The van der Waals surface area contributed by atoms with Crippen molar-refractivity contribution >= 4 is 5.97 Å². The zero-order chi connectivity index (χ0) is 7.61. The molecule has 0 aliphatic carbocycles. The summed E-state index contributed by atoms with van der Waals surface area (Å²) < 4.78 is 4.77. The maximum absolute atomic E-state index is 11.0. The van der Waals surface area contributed by atoms with Gasteiger partial charge in [-0.1, -0.05) is 12.2 Å². The third-order valence-corrected chi connectivity index (χ3v) is 1.86. The van der Waals surface area contributed by atoms with Crippen LogP contribution in [0.4, 0.5) is 0 Å². The van der Waals surface area contributed by atoms with Crippen molar-refractivity contribution in [3.63, 3.8) is 0 Å². The highest BCUT2D eigenvalue weighted by Gasteiger charge is 2.38. The van der Waals surface area contributed by atoms with Crippen molar-refractivity contribution in [1.82, 2.24) is 0 Å². The highest BCUT2D eigenvalue weighted by molar-refractivity contribution is 5.82. The van der Waals surface area contributed by atoms with Crippen LogP contribution in [0.25, 0.3) is 0 Å². The summed E-state index contributed by atoms with van der Waals surface area (Å²) in [5.74, 6) is -0.225. The molecule has 1 fully saturated rings. The molecule has 54 valence electrons. The molecule has 1 saturated heterocycles. The predicted octanol–water partition coefficient (Wildman–Crippen LogP) is 1.29. The van der Waals surface area contributed by atoms with Gasteiger partial charge in [-0.25, -0.2) is 0 Å². The molecule has 1 rings (SSSR count). The van der Waals surface area contributed by atoms with Crippen LogP contribution in [-0.2, 0) is 9.53 Å². The van der Waals surface area contributed by atoms with Gasteiger partial charge in [0, 0.05) is 6.42 Å². The van der Waals surface area contributed by atoms with Gasteiger partial charge in [-0.2, -0.15) is 0 Å². The minimum absolute atomic E-state index is 0.225. The summed E-state index contributed by atoms with van der Waals surface area (Å²) in [7, 11) is 0. The number of hydrogen-bond acceptors (Lipinski definition) is 2. The van der Waals surface area contributed by atoms with Crippen LogP contribution in [0.5, 0.6) is 0 Å². The van der Waals surface area contributed by atoms with Crippen molar-refractivity contribution in [3.05, 3.63) is 25.3 Å². The zero-order valence-electron chi connectivity index (χ0n) is 5.80. The van der Waals surface area contributed by atoms with Crippen LogP contribution in [0.15, 0.2) is 25.3 Å². The second-order valence-corrected chi connectivity index (χ2v) is 2.33. The van der Waals surface area contributed by atoms with Crippen molar-refractivity contribution in [2.24, 2.45) is 5.41 Å². The summed E-state index contributed by atoms with van der Waals surface area (Å²) in [6.07, 6.45) is 3.86. The molecule has 1 aliphatic heterocycles. The third kappa shape index (κ3) is 0.764. The van der Waals surface area contributed by atoms with Crippen LogP contribution in [0.1, 0.15) is 6.42 Å². The monoisotopic (exact) mass is 138 g/mol. The second-order valence-electron chi connectivity index (χ2n) is 2.33. The van der Waals surface area contributed by atoms with Gasteiger partial charge in [0.25, 0.3) is 0 Å². The minimum Gasteiger partial charge on any atom is -0.465 e. The maximum Gasteiger partial charge on any atom is 0.319 e. The first-order valence-corrected chi connectivity index (χ1v) is 3.19. The lowest BCUT2D eigenvalue weighted by atomic mass is 9.87. The maximum atomic E-state index is 11.0. The first-order valence-electron chi connectivity index (χ1n) is 3.19. The van der Waals surface area contributed by atoms with E-state index in [4.69, 9.17) is 4.74 Å². The summed E-state index contributed by atoms with van der Waals surface area (Å²) >= 11 is 0. The van der Waals surface area contributed by atoms with Gasteiger partial charge in [0.1, 0.15) is 5.41 Å². The Labute approximate surface area is 60.2 Å². The Bertz CT molecular complexity index is 174. The van der Waals surface area contributed by atoms with Gasteiger partial charge in [0.2, 0.25) is 0 Å². The van der Waals surface area contributed by atoms with Gasteiger partial charge < -0.3 is 4.74 Å². The van der Waals surface area contributed by atoms with Crippen LogP contribution < -0.4 is 0 Å². The first-order chi connectivity index (χ1) is 4.75. The molecular weight excluding hydrogens is 128 g/mol. The van der Waals surface area contributed by atoms with Gasteiger partial charge in [0.15, 0.2) is 0 Å². The molecule has 0 aromatic carbocycles. The van der Waals surface area contributed by atoms with E-state index in [0.717, 1.165) is 0 Å². The molecule has 0 spiro atoms. The van der Waals surface area contributed by atoms with E-state index in [1.807, 2.05) is 0 Å². The molecular formula is C8H10O2. The summed E-state index contributed by atoms with van der Waals surface area (Å²) in [6, 6.07) is 0. The fourth-order valence-electron chi connectivity index (χ4n) is 1.00. The van der Waals surface area contributed by atoms with Crippen molar-refractivity contribution in [1.29, 1.82) is 0 Å². The molecule has 2 nitrogen and oxygen atoms in total. The van der Waals surface area contributed by atoms with Crippen LogP contribution >= 0.6 is 0 Å². The van der Waals surface area contributed by atoms with E-state index in [0.29, 0.717) is 13.0 Å². The summed E-state index contributed by atoms with van der Waals surface area (Å²) in [6.45, 7) is 7.61. The largest absolute Gasteiger partial charge is 0.465 e. The van der Waals surface area contributed by atoms with Crippen molar-refractivity contribution in [2.75, 3.05) is 6.61 Å². The number of cyclic esters (lactones) is 1. The van der Waals surface area contributed by atoms with Crippen LogP contribution in [-0.4, -0.2) is 12.6 Å². The molecule has 1 aliphatic rings. The molecule has 1 heterocycles. The average molecular weight is 138 g/mol. The van der Waals surface area contributed by atoms with Gasteiger partial charge in [-0.05, 0) is 0 Å². The summed E-state index contributed by atoms with van der Waals surface area (Å²) in [5, 5.41) is 0.